The van der Waals surface area contributed by atoms with E-state index in [1.54, 1.807) is 0 Å². The first kappa shape index (κ1) is 18.8. The standard InChI is InChI=1S/C22H34N2/c1-14(2)24-20(22(8,9)10)18(19(23-24)21(5,6)7)17-15(3)12-11-13-16(17)4/h11-14H,1-10H3. The normalized spacial score (nSPS) is 13.0. The number of hydrogen-bond acceptors (Lipinski definition) is 1. The Labute approximate surface area is 148 Å². The van der Waals surface area contributed by atoms with Crippen molar-refractivity contribution in [3.05, 3.63) is 40.7 Å². The van der Waals surface area contributed by atoms with Crippen LogP contribution in [0.25, 0.3) is 11.1 Å². The van der Waals surface area contributed by atoms with E-state index in [4.69, 9.17) is 5.10 Å². The van der Waals surface area contributed by atoms with E-state index in [1.165, 1.54) is 33.6 Å². The molecule has 132 valence electrons. The summed E-state index contributed by atoms with van der Waals surface area (Å²) in [6, 6.07) is 6.93. The molecule has 2 aromatic rings. The monoisotopic (exact) mass is 326 g/mol. The first-order chi connectivity index (χ1) is 10.9. The molecule has 0 aliphatic heterocycles. The second-order valence-corrected chi connectivity index (χ2v) is 9.38. The molecule has 0 spiro atoms. The fourth-order valence-corrected chi connectivity index (χ4v) is 3.50. The van der Waals surface area contributed by atoms with Crippen molar-refractivity contribution >= 4 is 0 Å². The van der Waals surface area contributed by atoms with Crippen LogP contribution in [0.15, 0.2) is 18.2 Å². The van der Waals surface area contributed by atoms with E-state index in [2.05, 4.69) is 92.1 Å². The molecule has 1 aromatic heterocycles. The largest absolute Gasteiger partial charge is 0.266 e. The van der Waals surface area contributed by atoms with Crippen LogP contribution < -0.4 is 0 Å². The molecule has 0 aliphatic rings. The lowest BCUT2D eigenvalue weighted by Crippen LogP contribution is -2.21. The highest BCUT2D eigenvalue weighted by molar-refractivity contribution is 5.77. The Morgan fingerprint density at radius 3 is 1.71 bits per heavy atom. The van der Waals surface area contributed by atoms with Gasteiger partial charge in [-0.05, 0) is 44.4 Å². The van der Waals surface area contributed by atoms with Crippen LogP contribution in [-0.4, -0.2) is 9.78 Å². The number of aromatic nitrogens is 2. The summed E-state index contributed by atoms with van der Waals surface area (Å²) in [6.45, 7) is 22.6. The van der Waals surface area contributed by atoms with Crippen LogP contribution in [0.4, 0.5) is 0 Å². The Morgan fingerprint density at radius 1 is 0.833 bits per heavy atom. The van der Waals surface area contributed by atoms with Gasteiger partial charge in [0.05, 0.1) is 11.4 Å². The number of benzene rings is 1. The highest BCUT2D eigenvalue weighted by Gasteiger charge is 2.34. The molecule has 1 aromatic carbocycles. The number of nitrogens with zero attached hydrogens (tertiary/aromatic N) is 2. The summed E-state index contributed by atoms with van der Waals surface area (Å²) in [4.78, 5) is 0. The van der Waals surface area contributed by atoms with E-state index in [0.29, 0.717) is 6.04 Å². The molecule has 0 atom stereocenters. The Bertz CT molecular complexity index is 714. The van der Waals surface area contributed by atoms with E-state index in [9.17, 15) is 0 Å². The van der Waals surface area contributed by atoms with E-state index in [0.717, 1.165) is 0 Å². The lowest BCUT2D eigenvalue weighted by molar-refractivity contribution is 0.438. The summed E-state index contributed by atoms with van der Waals surface area (Å²) in [5, 5.41) is 5.12. The van der Waals surface area contributed by atoms with Crippen molar-refractivity contribution in [3.8, 4) is 11.1 Å². The third-order valence-corrected chi connectivity index (χ3v) is 4.55. The number of aryl methyl sites for hydroxylation is 2. The van der Waals surface area contributed by atoms with Crippen molar-refractivity contribution in [2.24, 2.45) is 0 Å². The van der Waals surface area contributed by atoms with Gasteiger partial charge in [0.25, 0.3) is 0 Å². The van der Waals surface area contributed by atoms with Gasteiger partial charge in [-0.1, -0.05) is 59.7 Å². The molecular weight excluding hydrogens is 292 g/mol. The Balaban J connectivity index is 3.02. The minimum Gasteiger partial charge on any atom is -0.266 e. The van der Waals surface area contributed by atoms with Crippen molar-refractivity contribution in [1.29, 1.82) is 0 Å². The zero-order valence-corrected chi connectivity index (χ0v) is 17.2. The maximum Gasteiger partial charge on any atom is 0.0759 e. The van der Waals surface area contributed by atoms with Crippen LogP contribution in [0.3, 0.4) is 0 Å². The third-order valence-electron chi connectivity index (χ3n) is 4.55. The average Bonchev–Trinajstić information content (AvgIpc) is 2.78. The highest BCUT2D eigenvalue weighted by Crippen LogP contribution is 2.43. The molecule has 0 amide bonds. The fraction of sp³-hybridized carbons (Fsp3) is 0.591. The summed E-state index contributed by atoms with van der Waals surface area (Å²) >= 11 is 0. The highest BCUT2D eigenvalue weighted by atomic mass is 15.3. The predicted octanol–water partition coefficient (Wildman–Crippen LogP) is 6.34. The topological polar surface area (TPSA) is 17.8 Å². The quantitative estimate of drug-likeness (QED) is 0.629. The number of rotatable bonds is 2. The second kappa shape index (κ2) is 6.06. The van der Waals surface area contributed by atoms with Crippen molar-refractivity contribution in [2.75, 3.05) is 0 Å². The summed E-state index contributed by atoms with van der Waals surface area (Å²) in [5.41, 5.74) is 7.95. The predicted molar refractivity (Wildman–Crippen MR) is 105 cm³/mol. The van der Waals surface area contributed by atoms with E-state index in [1.807, 2.05) is 0 Å². The van der Waals surface area contributed by atoms with Gasteiger partial charge in [0, 0.05) is 22.4 Å². The van der Waals surface area contributed by atoms with Crippen LogP contribution in [0, 0.1) is 13.8 Å². The molecule has 2 nitrogen and oxygen atoms in total. The number of hydrogen-bond donors (Lipinski definition) is 0. The molecular formula is C22H34N2. The molecule has 0 aliphatic carbocycles. The van der Waals surface area contributed by atoms with Gasteiger partial charge in [0.1, 0.15) is 0 Å². The van der Waals surface area contributed by atoms with Crippen LogP contribution in [0.2, 0.25) is 0 Å². The summed E-state index contributed by atoms with van der Waals surface area (Å²) in [6.07, 6.45) is 0. The zero-order chi connectivity index (χ0) is 18.4. The van der Waals surface area contributed by atoms with Crippen molar-refractivity contribution in [3.63, 3.8) is 0 Å². The van der Waals surface area contributed by atoms with Gasteiger partial charge in [-0.15, -0.1) is 0 Å². The molecule has 2 rings (SSSR count). The zero-order valence-electron chi connectivity index (χ0n) is 17.2. The lowest BCUT2D eigenvalue weighted by Gasteiger charge is -2.26. The van der Waals surface area contributed by atoms with Crippen LogP contribution >= 0.6 is 0 Å². The molecule has 0 N–H and O–H groups in total. The molecule has 0 radical (unpaired) electrons. The van der Waals surface area contributed by atoms with Gasteiger partial charge < -0.3 is 0 Å². The van der Waals surface area contributed by atoms with Crippen LogP contribution in [0.5, 0.6) is 0 Å². The Hall–Kier alpha value is -1.57. The molecule has 24 heavy (non-hydrogen) atoms. The van der Waals surface area contributed by atoms with Crippen LogP contribution in [-0.2, 0) is 10.8 Å². The second-order valence-electron chi connectivity index (χ2n) is 9.38. The van der Waals surface area contributed by atoms with Gasteiger partial charge in [-0.3, -0.25) is 4.68 Å². The van der Waals surface area contributed by atoms with Gasteiger partial charge in [0.15, 0.2) is 0 Å². The summed E-state index contributed by atoms with van der Waals surface area (Å²) in [7, 11) is 0. The van der Waals surface area contributed by atoms with Crippen molar-refractivity contribution in [2.45, 2.75) is 86.1 Å². The average molecular weight is 327 g/mol. The Kier molecular flexibility index (Phi) is 4.74. The van der Waals surface area contributed by atoms with E-state index < -0.39 is 0 Å². The third kappa shape index (κ3) is 3.29. The maximum absolute atomic E-state index is 5.12. The summed E-state index contributed by atoms with van der Waals surface area (Å²) in [5.74, 6) is 0. The van der Waals surface area contributed by atoms with Gasteiger partial charge in [0.2, 0.25) is 0 Å². The fourth-order valence-electron chi connectivity index (χ4n) is 3.50. The minimum absolute atomic E-state index is 0.00416. The van der Waals surface area contributed by atoms with Gasteiger partial charge in [-0.2, -0.15) is 5.10 Å². The molecule has 0 fully saturated rings. The first-order valence-electron chi connectivity index (χ1n) is 9.05. The first-order valence-corrected chi connectivity index (χ1v) is 9.05. The smallest absolute Gasteiger partial charge is 0.0759 e. The van der Waals surface area contributed by atoms with Crippen molar-refractivity contribution in [1.82, 2.24) is 9.78 Å². The molecule has 0 saturated carbocycles. The molecule has 0 unspecified atom stereocenters. The molecule has 0 bridgehead atoms. The Morgan fingerprint density at radius 2 is 1.33 bits per heavy atom. The molecule has 0 saturated heterocycles. The molecule has 2 heteroatoms. The van der Waals surface area contributed by atoms with Crippen LogP contribution in [0.1, 0.15) is 83.9 Å². The lowest BCUT2D eigenvalue weighted by atomic mass is 9.79. The van der Waals surface area contributed by atoms with E-state index >= 15 is 0 Å². The minimum atomic E-state index is 0.00416. The summed E-state index contributed by atoms with van der Waals surface area (Å²) < 4.78 is 2.25. The van der Waals surface area contributed by atoms with Crippen molar-refractivity contribution < 1.29 is 0 Å². The SMILES string of the molecule is Cc1cccc(C)c1-c1c(C(C)(C)C)nn(C(C)C)c1C(C)(C)C. The van der Waals surface area contributed by atoms with E-state index in [-0.39, 0.29) is 10.8 Å². The maximum atomic E-state index is 5.12. The van der Waals surface area contributed by atoms with Gasteiger partial charge >= 0.3 is 0 Å². The molecule has 1 heterocycles. The van der Waals surface area contributed by atoms with Gasteiger partial charge in [-0.25, -0.2) is 0 Å².